The molecule has 1 aromatic rings. The highest BCUT2D eigenvalue weighted by Gasteiger charge is 2.21. The van der Waals surface area contributed by atoms with Crippen LogP contribution in [0.2, 0.25) is 0 Å². The van der Waals surface area contributed by atoms with Crippen molar-refractivity contribution in [2.75, 3.05) is 23.3 Å². The van der Waals surface area contributed by atoms with Gasteiger partial charge in [0.05, 0.1) is 11.9 Å². The first-order valence-electron chi connectivity index (χ1n) is 8.35. The Kier molecular flexibility index (Phi) is 4.73. The van der Waals surface area contributed by atoms with E-state index in [2.05, 4.69) is 15.2 Å². The van der Waals surface area contributed by atoms with Crippen molar-refractivity contribution in [2.45, 2.75) is 51.4 Å². The molecule has 2 aliphatic rings. The van der Waals surface area contributed by atoms with Crippen molar-refractivity contribution < 1.29 is 4.79 Å². The number of rotatable bonds is 3. The van der Waals surface area contributed by atoms with Gasteiger partial charge in [-0.15, -0.1) is 0 Å². The Hall–Kier alpha value is -1.58. The van der Waals surface area contributed by atoms with E-state index in [1.807, 2.05) is 12.1 Å². The average molecular weight is 287 g/mol. The molecule has 1 aliphatic carbocycles. The number of amides is 1. The van der Waals surface area contributed by atoms with E-state index in [4.69, 9.17) is 0 Å². The molecule has 114 valence electrons. The van der Waals surface area contributed by atoms with Gasteiger partial charge in [0.25, 0.3) is 0 Å². The van der Waals surface area contributed by atoms with Gasteiger partial charge < -0.3 is 10.2 Å². The van der Waals surface area contributed by atoms with Crippen molar-refractivity contribution in [3.8, 4) is 0 Å². The molecular weight excluding hydrogens is 262 g/mol. The monoisotopic (exact) mass is 287 g/mol. The molecule has 1 saturated carbocycles. The van der Waals surface area contributed by atoms with E-state index in [9.17, 15) is 4.79 Å². The number of carbonyl (C=O) groups excluding carboxylic acids is 1. The number of nitrogens with zero attached hydrogens (tertiary/aromatic N) is 2. The molecule has 1 aromatic heterocycles. The third kappa shape index (κ3) is 3.74. The summed E-state index contributed by atoms with van der Waals surface area (Å²) < 4.78 is 0. The van der Waals surface area contributed by atoms with Gasteiger partial charge in [0.2, 0.25) is 5.91 Å². The third-order valence-corrected chi connectivity index (χ3v) is 4.67. The van der Waals surface area contributed by atoms with Crippen molar-refractivity contribution in [2.24, 2.45) is 5.92 Å². The third-order valence-electron chi connectivity index (χ3n) is 4.67. The zero-order valence-electron chi connectivity index (χ0n) is 12.7. The lowest BCUT2D eigenvalue weighted by molar-refractivity contribution is -0.120. The smallest absolute Gasteiger partial charge is 0.227 e. The molecule has 1 N–H and O–H groups in total. The Morgan fingerprint density at radius 1 is 1.05 bits per heavy atom. The average Bonchev–Trinajstić information content (AvgIpc) is 2.57. The number of carbonyl (C=O) groups is 1. The van der Waals surface area contributed by atoms with E-state index < -0.39 is 0 Å². The van der Waals surface area contributed by atoms with Crippen LogP contribution in [0.4, 0.5) is 11.5 Å². The highest BCUT2D eigenvalue weighted by Crippen LogP contribution is 2.25. The Morgan fingerprint density at radius 3 is 2.43 bits per heavy atom. The fraction of sp³-hybridized carbons (Fsp3) is 0.647. The molecule has 1 aliphatic heterocycles. The first-order chi connectivity index (χ1) is 10.3. The van der Waals surface area contributed by atoms with Gasteiger partial charge in [-0.1, -0.05) is 19.3 Å². The molecule has 0 aromatic carbocycles. The molecule has 2 heterocycles. The van der Waals surface area contributed by atoms with Crippen LogP contribution in [-0.2, 0) is 4.79 Å². The molecule has 2 fully saturated rings. The van der Waals surface area contributed by atoms with Crippen LogP contribution < -0.4 is 10.2 Å². The summed E-state index contributed by atoms with van der Waals surface area (Å²) in [7, 11) is 0. The van der Waals surface area contributed by atoms with Gasteiger partial charge in [0, 0.05) is 19.0 Å². The number of hydrogen-bond donors (Lipinski definition) is 1. The quantitative estimate of drug-likeness (QED) is 0.924. The van der Waals surface area contributed by atoms with Gasteiger partial charge >= 0.3 is 0 Å². The maximum atomic E-state index is 12.2. The number of piperidine rings is 1. The topological polar surface area (TPSA) is 45.2 Å². The second-order valence-electron chi connectivity index (χ2n) is 6.28. The van der Waals surface area contributed by atoms with E-state index in [-0.39, 0.29) is 11.8 Å². The minimum Gasteiger partial charge on any atom is -0.357 e. The summed E-state index contributed by atoms with van der Waals surface area (Å²) in [5.41, 5.74) is 0.825. The molecule has 4 heteroatoms. The van der Waals surface area contributed by atoms with Gasteiger partial charge in [-0.25, -0.2) is 4.98 Å². The zero-order chi connectivity index (χ0) is 14.5. The van der Waals surface area contributed by atoms with Crippen molar-refractivity contribution >= 4 is 17.4 Å². The highest BCUT2D eigenvalue weighted by molar-refractivity contribution is 5.92. The van der Waals surface area contributed by atoms with Crippen molar-refractivity contribution in [1.29, 1.82) is 0 Å². The minimum atomic E-state index is 0.169. The molecule has 21 heavy (non-hydrogen) atoms. The normalized spacial score (nSPS) is 20.3. The van der Waals surface area contributed by atoms with Crippen LogP contribution in [0.25, 0.3) is 0 Å². The Labute approximate surface area is 126 Å². The molecular formula is C17H25N3O. The summed E-state index contributed by atoms with van der Waals surface area (Å²) in [5, 5.41) is 3.02. The van der Waals surface area contributed by atoms with E-state index in [1.165, 1.54) is 38.5 Å². The van der Waals surface area contributed by atoms with Crippen molar-refractivity contribution in [1.82, 2.24) is 4.98 Å². The maximum Gasteiger partial charge on any atom is 0.227 e. The number of pyridine rings is 1. The van der Waals surface area contributed by atoms with Gasteiger partial charge in [-0.3, -0.25) is 4.79 Å². The van der Waals surface area contributed by atoms with Crippen LogP contribution in [0, 0.1) is 5.92 Å². The van der Waals surface area contributed by atoms with Crippen LogP contribution in [0.3, 0.4) is 0 Å². The standard InChI is InChI=1S/C17H25N3O/c21-17(14-7-3-1-4-8-14)19-15-9-10-16(18-13-15)20-11-5-2-6-12-20/h9-10,13-14H,1-8,11-12H2,(H,19,21). The first-order valence-corrected chi connectivity index (χ1v) is 8.35. The lowest BCUT2D eigenvalue weighted by Gasteiger charge is -2.27. The van der Waals surface area contributed by atoms with E-state index in [0.29, 0.717) is 0 Å². The second-order valence-corrected chi connectivity index (χ2v) is 6.28. The summed E-state index contributed by atoms with van der Waals surface area (Å²) in [6.45, 7) is 2.20. The lowest BCUT2D eigenvalue weighted by atomic mass is 9.88. The Morgan fingerprint density at radius 2 is 1.76 bits per heavy atom. The molecule has 1 saturated heterocycles. The van der Waals surface area contributed by atoms with Crippen molar-refractivity contribution in [3.05, 3.63) is 18.3 Å². The second kappa shape index (κ2) is 6.92. The SMILES string of the molecule is O=C(Nc1ccc(N2CCCCC2)nc1)C1CCCCC1. The summed E-state index contributed by atoms with van der Waals surface area (Å²) in [6, 6.07) is 4.01. The molecule has 3 rings (SSSR count). The Bertz CT molecular complexity index is 459. The van der Waals surface area contributed by atoms with Gasteiger partial charge in [0.15, 0.2) is 0 Å². The van der Waals surface area contributed by atoms with Crippen LogP contribution in [0.15, 0.2) is 18.3 Å². The molecule has 1 amide bonds. The predicted octanol–water partition coefficient (Wildman–Crippen LogP) is 3.59. The number of aromatic nitrogens is 1. The summed E-state index contributed by atoms with van der Waals surface area (Å²) in [5.74, 6) is 1.40. The van der Waals surface area contributed by atoms with Gasteiger partial charge in [0.1, 0.15) is 5.82 Å². The van der Waals surface area contributed by atoms with Crippen molar-refractivity contribution in [3.63, 3.8) is 0 Å². The molecule has 0 bridgehead atoms. The minimum absolute atomic E-state index is 0.169. The fourth-order valence-corrected chi connectivity index (χ4v) is 3.38. The summed E-state index contributed by atoms with van der Waals surface area (Å²) >= 11 is 0. The lowest BCUT2D eigenvalue weighted by Crippen LogP contribution is -2.30. The van der Waals surface area contributed by atoms with Crippen LogP contribution >= 0.6 is 0 Å². The maximum absolute atomic E-state index is 12.2. The van der Waals surface area contributed by atoms with Crippen LogP contribution in [-0.4, -0.2) is 24.0 Å². The van der Waals surface area contributed by atoms with E-state index in [1.54, 1.807) is 6.20 Å². The molecule has 0 radical (unpaired) electrons. The molecule has 0 atom stereocenters. The predicted molar refractivity (Wildman–Crippen MR) is 85.5 cm³/mol. The van der Waals surface area contributed by atoms with Crippen LogP contribution in [0.5, 0.6) is 0 Å². The first kappa shape index (κ1) is 14.4. The summed E-state index contributed by atoms with van der Waals surface area (Å²) in [4.78, 5) is 19.0. The number of nitrogens with one attached hydrogen (secondary N) is 1. The Balaban J connectivity index is 1.57. The fourth-order valence-electron chi connectivity index (χ4n) is 3.38. The molecule has 4 nitrogen and oxygen atoms in total. The zero-order valence-corrected chi connectivity index (χ0v) is 12.7. The van der Waals surface area contributed by atoms with Crippen LogP contribution in [0.1, 0.15) is 51.4 Å². The number of hydrogen-bond acceptors (Lipinski definition) is 3. The van der Waals surface area contributed by atoms with E-state index >= 15 is 0 Å². The molecule has 0 unspecified atom stereocenters. The van der Waals surface area contributed by atoms with Gasteiger partial charge in [-0.05, 0) is 44.2 Å². The summed E-state index contributed by atoms with van der Waals surface area (Å²) in [6.07, 6.45) is 11.3. The molecule has 0 spiro atoms. The largest absolute Gasteiger partial charge is 0.357 e. The van der Waals surface area contributed by atoms with E-state index in [0.717, 1.165) is 37.4 Å². The highest BCUT2D eigenvalue weighted by atomic mass is 16.1. The number of anilines is 2. The van der Waals surface area contributed by atoms with Gasteiger partial charge in [-0.2, -0.15) is 0 Å².